The molecule has 2 heterocycles. The second-order valence-electron chi connectivity index (χ2n) is 11.9. The Morgan fingerprint density at radius 2 is 1.68 bits per heavy atom. The number of nitrogens with one attached hydrogen (secondary N) is 2. The lowest BCUT2D eigenvalue weighted by molar-refractivity contribution is -0.147. The molecule has 2 aromatic heterocycles. The smallest absolute Gasteiger partial charge is 0.255 e. The van der Waals surface area contributed by atoms with Crippen molar-refractivity contribution in [1.82, 2.24) is 25.3 Å². The highest BCUT2D eigenvalue weighted by atomic mass is 16.3. The zero-order chi connectivity index (χ0) is 31.5. The fraction of sp³-hybridized carbons (Fsp3) is 0.367. The van der Waals surface area contributed by atoms with Crippen molar-refractivity contribution in [2.45, 2.75) is 44.5 Å². The summed E-state index contributed by atoms with van der Waals surface area (Å²) in [5.74, 6) is -6.52. The number of Topliss-reactive ketones (excluding diaryl/α,β-unsaturated/α-hetero) is 2. The molecule has 6 rings (SSSR count). The number of phenols is 1. The second-order valence-corrected chi connectivity index (χ2v) is 11.9. The summed E-state index contributed by atoms with van der Waals surface area (Å²) in [5, 5.41) is 59.7. The number of hydrogen-bond acceptors (Lipinski definition) is 11. The van der Waals surface area contributed by atoms with E-state index in [0.29, 0.717) is 29.9 Å². The number of nitrogens with two attached hydrogens (primary N) is 1. The van der Waals surface area contributed by atoms with Crippen LogP contribution in [0.15, 0.2) is 47.5 Å². The molecule has 1 fully saturated rings. The number of primary amides is 1. The molecule has 14 nitrogen and oxygen atoms in total. The minimum atomic E-state index is -2.61. The van der Waals surface area contributed by atoms with E-state index in [0.717, 1.165) is 11.4 Å². The van der Waals surface area contributed by atoms with Crippen LogP contribution >= 0.6 is 0 Å². The zero-order valence-corrected chi connectivity index (χ0v) is 24.2. The monoisotopic (exact) mass is 603 g/mol. The number of hydrogen-bond donors (Lipinski definition) is 7. The average molecular weight is 604 g/mol. The second kappa shape index (κ2) is 10.6. The Labute approximate surface area is 251 Å². The van der Waals surface area contributed by atoms with Gasteiger partial charge in [-0.2, -0.15) is 10.2 Å². The average Bonchev–Trinajstić information content (AvgIpc) is 3.66. The molecule has 0 aliphatic heterocycles. The third-order valence-corrected chi connectivity index (χ3v) is 8.90. The number of anilines is 1. The molecule has 3 atom stereocenters. The molecule has 0 spiro atoms. The van der Waals surface area contributed by atoms with Gasteiger partial charge in [-0.25, -0.2) is 0 Å². The molecule has 0 radical (unpaired) electrons. The number of carbonyl (C=O) groups excluding carboxylic acids is 3. The van der Waals surface area contributed by atoms with Gasteiger partial charge >= 0.3 is 0 Å². The van der Waals surface area contributed by atoms with Crippen molar-refractivity contribution in [3.05, 3.63) is 75.6 Å². The lowest BCUT2D eigenvalue weighted by Crippen LogP contribution is -2.58. The summed E-state index contributed by atoms with van der Waals surface area (Å²) in [5.41, 5.74) is 5.21. The van der Waals surface area contributed by atoms with Crippen molar-refractivity contribution in [3.8, 4) is 5.75 Å². The lowest BCUT2D eigenvalue weighted by atomic mass is 9.59. The first kappa shape index (κ1) is 29.1. The third kappa shape index (κ3) is 4.53. The molecule has 44 heavy (non-hydrogen) atoms. The molecule has 3 aliphatic carbocycles. The molecule has 1 amide bonds. The van der Waals surface area contributed by atoms with E-state index in [2.05, 4.69) is 20.4 Å². The van der Waals surface area contributed by atoms with Gasteiger partial charge in [0.1, 0.15) is 22.8 Å². The molecule has 1 aromatic carbocycles. The SMILES string of the molecule is CN(C)c1cc(CN(Cc2ccn[nH]2)Cc2ccn[nH]2)c(O)c2c1C[C@H]1C[C@H]3CC(=O)C(C(N)=O)=C(O)[C@@]3(O)C(=O)C1=C2O. The van der Waals surface area contributed by atoms with Crippen LogP contribution in [0, 0.1) is 11.8 Å². The maximum atomic E-state index is 13.9. The largest absolute Gasteiger partial charge is 0.508 e. The van der Waals surface area contributed by atoms with Crippen LogP contribution in [0.3, 0.4) is 0 Å². The third-order valence-electron chi connectivity index (χ3n) is 8.90. The highest BCUT2D eigenvalue weighted by molar-refractivity contribution is 6.22. The molecule has 0 bridgehead atoms. The molecular formula is C30H33N7O7. The minimum absolute atomic E-state index is 0.0568. The number of fused-ring (bicyclic) bond motifs is 3. The van der Waals surface area contributed by atoms with E-state index in [9.17, 15) is 34.8 Å². The van der Waals surface area contributed by atoms with Crippen molar-refractivity contribution in [2.24, 2.45) is 17.6 Å². The van der Waals surface area contributed by atoms with E-state index < -0.39 is 52.0 Å². The van der Waals surface area contributed by atoms with Gasteiger partial charge in [0, 0.05) is 86.7 Å². The number of amides is 1. The molecule has 0 unspecified atom stereocenters. The zero-order valence-electron chi connectivity index (χ0n) is 24.2. The van der Waals surface area contributed by atoms with E-state index in [-0.39, 0.29) is 42.7 Å². The van der Waals surface area contributed by atoms with E-state index in [4.69, 9.17) is 5.73 Å². The predicted molar refractivity (Wildman–Crippen MR) is 156 cm³/mol. The summed E-state index contributed by atoms with van der Waals surface area (Å²) in [4.78, 5) is 42.4. The van der Waals surface area contributed by atoms with Gasteiger partial charge in [0.05, 0.1) is 5.56 Å². The topological polar surface area (TPSA) is 222 Å². The number of ketones is 2. The fourth-order valence-electron chi connectivity index (χ4n) is 6.88. The van der Waals surface area contributed by atoms with Gasteiger partial charge in [0.25, 0.3) is 5.91 Å². The van der Waals surface area contributed by atoms with Crippen LogP contribution in [0.4, 0.5) is 5.69 Å². The van der Waals surface area contributed by atoms with E-state index in [1.54, 1.807) is 12.4 Å². The number of H-pyrrole nitrogens is 2. The molecule has 3 aliphatic rings. The number of rotatable bonds is 8. The molecule has 3 aromatic rings. The van der Waals surface area contributed by atoms with Gasteiger partial charge in [0.15, 0.2) is 11.4 Å². The van der Waals surface area contributed by atoms with Crippen molar-refractivity contribution < 1.29 is 34.8 Å². The van der Waals surface area contributed by atoms with E-state index >= 15 is 0 Å². The maximum Gasteiger partial charge on any atom is 0.255 e. The highest BCUT2D eigenvalue weighted by Gasteiger charge is 2.60. The fourth-order valence-corrected chi connectivity index (χ4v) is 6.88. The molecular weight excluding hydrogens is 570 g/mol. The molecule has 14 heteroatoms. The Bertz CT molecular complexity index is 1690. The first-order chi connectivity index (χ1) is 20.9. The summed E-state index contributed by atoms with van der Waals surface area (Å²) in [6.45, 7) is 1.13. The van der Waals surface area contributed by atoms with Crippen LogP contribution in [0.2, 0.25) is 0 Å². The Morgan fingerprint density at radius 3 is 2.23 bits per heavy atom. The van der Waals surface area contributed by atoms with Gasteiger partial charge in [0.2, 0.25) is 5.78 Å². The summed E-state index contributed by atoms with van der Waals surface area (Å²) < 4.78 is 0. The first-order valence-corrected chi connectivity index (χ1v) is 14.1. The Balaban J connectivity index is 1.45. The number of aliphatic hydroxyl groups excluding tert-OH is 2. The number of nitrogens with zero attached hydrogens (tertiary/aromatic N) is 4. The molecule has 0 saturated heterocycles. The number of phenolic OH excluding ortho intramolecular Hbond substituents is 1. The minimum Gasteiger partial charge on any atom is -0.508 e. The van der Waals surface area contributed by atoms with Crippen LogP contribution in [-0.4, -0.2) is 82.9 Å². The quantitative estimate of drug-likeness (QED) is 0.181. The normalized spacial score (nSPS) is 23.1. The van der Waals surface area contributed by atoms with Crippen LogP contribution in [0.1, 0.15) is 40.9 Å². The van der Waals surface area contributed by atoms with E-state index in [1.807, 2.05) is 42.1 Å². The van der Waals surface area contributed by atoms with Crippen LogP contribution < -0.4 is 10.6 Å². The first-order valence-electron chi connectivity index (χ1n) is 14.1. The van der Waals surface area contributed by atoms with Crippen LogP contribution in [0.5, 0.6) is 5.75 Å². The molecule has 8 N–H and O–H groups in total. The number of aromatic hydroxyl groups is 1. The number of aromatic amines is 2. The van der Waals surface area contributed by atoms with Gasteiger partial charge < -0.3 is 31.1 Å². The predicted octanol–water partition coefficient (Wildman–Crippen LogP) is 1.14. The Hall–Kier alpha value is -4.95. The summed E-state index contributed by atoms with van der Waals surface area (Å²) in [6.07, 6.45) is 3.22. The van der Waals surface area contributed by atoms with Crippen LogP contribution in [0.25, 0.3) is 5.76 Å². The van der Waals surface area contributed by atoms with Crippen molar-refractivity contribution in [3.63, 3.8) is 0 Å². The van der Waals surface area contributed by atoms with Gasteiger partial charge in [-0.1, -0.05) is 0 Å². The number of benzene rings is 1. The van der Waals surface area contributed by atoms with Crippen LogP contribution in [-0.2, 0) is 40.4 Å². The van der Waals surface area contributed by atoms with Crippen molar-refractivity contribution >= 4 is 28.9 Å². The van der Waals surface area contributed by atoms with Gasteiger partial charge in [-0.05, 0) is 42.5 Å². The number of aromatic nitrogens is 4. The number of carbonyl (C=O) groups is 3. The Kier molecular flexibility index (Phi) is 7.05. The Morgan fingerprint density at radius 1 is 1.05 bits per heavy atom. The lowest BCUT2D eigenvalue weighted by Gasteiger charge is -2.46. The molecule has 230 valence electrons. The number of aliphatic hydroxyl groups is 3. The van der Waals surface area contributed by atoms with Gasteiger partial charge in [-0.15, -0.1) is 0 Å². The van der Waals surface area contributed by atoms with Gasteiger partial charge in [-0.3, -0.25) is 29.5 Å². The van der Waals surface area contributed by atoms with Crippen molar-refractivity contribution in [1.29, 1.82) is 0 Å². The van der Waals surface area contributed by atoms with E-state index in [1.165, 1.54) is 0 Å². The van der Waals surface area contributed by atoms with Crippen molar-refractivity contribution in [2.75, 3.05) is 19.0 Å². The summed E-state index contributed by atoms with van der Waals surface area (Å²) >= 11 is 0. The molecule has 1 saturated carbocycles. The summed E-state index contributed by atoms with van der Waals surface area (Å²) in [6, 6.07) is 5.53. The summed E-state index contributed by atoms with van der Waals surface area (Å²) in [7, 11) is 3.66. The maximum absolute atomic E-state index is 13.9. The standard InChI is InChI=1S/C30H33N7O7/c1-36(2)20-9-15(11-37(12-17-3-5-32-34-17)13-18-4-6-33-35-18)25(39)23-19(20)8-14-7-16-10-21(38)24(29(31)43)28(42)30(16,44)27(41)22(14)26(23)40/h3-6,9,14,16,39-40,42,44H,7-8,10-13H2,1-2H3,(H2,31,43)(H,32,34)(H,33,35)/t14-,16+,30+/m1/s1. The highest BCUT2D eigenvalue weighted by Crippen LogP contribution is 2.53.